The molecule has 3 N–H and O–H groups in total. The first-order valence-corrected chi connectivity index (χ1v) is 7.93. The van der Waals surface area contributed by atoms with Crippen LogP contribution in [0.3, 0.4) is 0 Å². The van der Waals surface area contributed by atoms with Crippen LogP contribution in [0.5, 0.6) is 0 Å². The zero-order chi connectivity index (χ0) is 16.3. The van der Waals surface area contributed by atoms with E-state index in [1.54, 1.807) is 11.6 Å². The minimum Gasteiger partial charge on any atom is -0.393 e. The number of aryl methyl sites for hydroxylation is 1. The van der Waals surface area contributed by atoms with Crippen molar-refractivity contribution in [2.24, 2.45) is 18.4 Å². The minimum absolute atomic E-state index is 0.0634. The number of carbonyl (C=O) groups is 1. The molecule has 124 valence electrons. The summed E-state index contributed by atoms with van der Waals surface area (Å²) < 4.78 is 1.77. The van der Waals surface area contributed by atoms with Crippen molar-refractivity contribution in [2.75, 3.05) is 19.6 Å². The molecule has 1 fully saturated rings. The fourth-order valence-corrected chi connectivity index (χ4v) is 3.27. The van der Waals surface area contributed by atoms with Gasteiger partial charge in [0.25, 0.3) is 0 Å². The Labute approximate surface area is 132 Å². The highest BCUT2D eigenvalue weighted by Gasteiger charge is 2.35. The number of amides is 1. The molecule has 1 saturated heterocycles. The van der Waals surface area contributed by atoms with Crippen LogP contribution in [0.2, 0.25) is 0 Å². The van der Waals surface area contributed by atoms with Crippen molar-refractivity contribution in [1.29, 1.82) is 0 Å². The molecule has 1 amide bonds. The first kappa shape index (κ1) is 17.0. The van der Waals surface area contributed by atoms with Crippen LogP contribution >= 0.6 is 0 Å². The van der Waals surface area contributed by atoms with Crippen molar-refractivity contribution in [3.05, 3.63) is 18.0 Å². The van der Waals surface area contributed by atoms with Crippen molar-refractivity contribution >= 4 is 5.91 Å². The fourth-order valence-electron chi connectivity index (χ4n) is 3.27. The second-order valence-electron chi connectivity index (χ2n) is 7.25. The van der Waals surface area contributed by atoms with Crippen LogP contribution in [0.1, 0.15) is 38.7 Å². The molecule has 0 bridgehead atoms. The maximum absolute atomic E-state index is 12.5. The lowest BCUT2D eigenvalue weighted by molar-refractivity contribution is -0.125. The maximum Gasteiger partial charge on any atom is 0.225 e. The number of carbonyl (C=O) groups excluding carboxylic acids is 1. The molecule has 1 unspecified atom stereocenters. The van der Waals surface area contributed by atoms with Gasteiger partial charge >= 0.3 is 0 Å². The molecule has 1 aromatic rings. The topological polar surface area (TPSA) is 79.2 Å². The van der Waals surface area contributed by atoms with Crippen LogP contribution in [-0.2, 0) is 11.8 Å². The second kappa shape index (κ2) is 6.79. The molecule has 0 aromatic carbocycles. The Balaban J connectivity index is 1.94. The van der Waals surface area contributed by atoms with Crippen molar-refractivity contribution in [3.63, 3.8) is 0 Å². The fraction of sp³-hybridized carbons (Fsp3) is 0.750. The Bertz CT molecular complexity index is 510. The second-order valence-corrected chi connectivity index (χ2v) is 7.25. The van der Waals surface area contributed by atoms with Crippen LogP contribution < -0.4 is 10.6 Å². The van der Waals surface area contributed by atoms with Gasteiger partial charge in [-0.3, -0.25) is 9.48 Å². The number of aliphatic hydroxyl groups is 1. The molecule has 1 aliphatic rings. The average molecular weight is 308 g/mol. The van der Waals surface area contributed by atoms with Gasteiger partial charge in [-0.2, -0.15) is 5.10 Å². The Morgan fingerprint density at radius 1 is 1.59 bits per heavy atom. The summed E-state index contributed by atoms with van der Waals surface area (Å²) in [4.78, 5) is 12.5. The van der Waals surface area contributed by atoms with Crippen LogP contribution in [0, 0.1) is 11.3 Å². The molecule has 0 radical (unpaired) electrons. The summed E-state index contributed by atoms with van der Waals surface area (Å²) in [5, 5.41) is 20.1. The van der Waals surface area contributed by atoms with Gasteiger partial charge in [0.05, 0.1) is 18.2 Å². The summed E-state index contributed by atoms with van der Waals surface area (Å²) >= 11 is 0. The molecule has 0 spiro atoms. The summed E-state index contributed by atoms with van der Waals surface area (Å²) in [5.41, 5.74) is 0.996. The van der Waals surface area contributed by atoms with Gasteiger partial charge in [0.1, 0.15) is 0 Å². The van der Waals surface area contributed by atoms with E-state index in [0.29, 0.717) is 19.5 Å². The monoisotopic (exact) mass is 308 g/mol. The standard InChI is InChI=1S/C16H28N4O2/c1-11(21)5-16(2,3)10-18-15(22)14-8-17-7-13(14)12-6-19-20(4)9-12/h6,9,11,13-14,17,21H,5,7-8,10H2,1-4H3,(H,18,22)/t11?,13-,14+/m1/s1. The summed E-state index contributed by atoms with van der Waals surface area (Å²) in [6.45, 7) is 7.98. The molecule has 2 heterocycles. The Morgan fingerprint density at radius 3 is 2.91 bits per heavy atom. The Kier molecular flexibility index (Phi) is 5.24. The maximum atomic E-state index is 12.5. The molecule has 0 saturated carbocycles. The van der Waals surface area contributed by atoms with Crippen LogP contribution in [0.4, 0.5) is 0 Å². The third-order valence-electron chi connectivity index (χ3n) is 4.29. The Hall–Kier alpha value is -1.40. The van der Waals surface area contributed by atoms with Gasteiger partial charge in [0, 0.05) is 38.8 Å². The van der Waals surface area contributed by atoms with E-state index < -0.39 is 0 Å². The predicted octanol–water partition coefficient (Wildman–Crippen LogP) is 0.636. The molecular formula is C16H28N4O2. The van der Waals surface area contributed by atoms with Gasteiger partial charge in [-0.15, -0.1) is 0 Å². The largest absolute Gasteiger partial charge is 0.393 e. The van der Waals surface area contributed by atoms with Crippen LogP contribution in [-0.4, -0.2) is 46.5 Å². The molecule has 3 atom stereocenters. The van der Waals surface area contributed by atoms with Gasteiger partial charge in [-0.05, 0) is 24.3 Å². The van der Waals surface area contributed by atoms with Gasteiger partial charge in [-0.25, -0.2) is 0 Å². The van der Waals surface area contributed by atoms with E-state index in [9.17, 15) is 9.90 Å². The van der Waals surface area contributed by atoms with Crippen LogP contribution in [0.25, 0.3) is 0 Å². The van der Waals surface area contributed by atoms with Crippen molar-refractivity contribution in [1.82, 2.24) is 20.4 Å². The molecule has 1 aromatic heterocycles. The number of rotatable bonds is 6. The summed E-state index contributed by atoms with van der Waals surface area (Å²) in [6, 6.07) is 0. The number of nitrogens with one attached hydrogen (secondary N) is 2. The van der Waals surface area contributed by atoms with Gasteiger partial charge in [-0.1, -0.05) is 13.8 Å². The number of hydrogen-bond acceptors (Lipinski definition) is 4. The third-order valence-corrected chi connectivity index (χ3v) is 4.29. The smallest absolute Gasteiger partial charge is 0.225 e. The Morgan fingerprint density at radius 2 is 2.32 bits per heavy atom. The third kappa shape index (κ3) is 4.30. The first-order valence-electron chi connectivity index (χ1n) is 7.93. The number of nitrogens with zero attached hydrogens (tertiary/aromatic N) is 2. The summed E-state index contributed by atoms with van der Waals surface area (Å²) in [5.74, 6) is 0.192. The highest BCUT2D eigenvalue weighted by molar-refractivity contribution is 5.80. The van der Waals surface area contributed by atoms with Gasteiger partial charge in [0.15, 0.2) is 0 Å². The zero-order valence-corrected chi connectivity index (χ0v) is 14.0. The lowest BCUT2D eigenvalue weighted by atomic mass is 9.86. The molecule has 0 aliphatic carbocycles. The van der Waals surface area contributed by atoms with E-state index in [1.807, 2.05) is 19.4 Å². The molecule has 1 aliphatic heterocycles. The first-order chi connectivity index (χ1) is 10.3. The average Bonchev–Trinajstić information content (AvgIpc) is 3.02. The highest BCUT2D eigenvalue weighted by Crippen LogP contribution is 2.28. The van der Waals surface area contributed by atoms with Crippen molar-refractivity contribution in [3.8, 4) is 0 Å². The normalized spacial score (nSPS) is 23.5. The predicted molar refractivity (Wildman–Crippen MR) is 85.4 cm³/mol. The lowest BCUT2D eigenvalue weighted by Crippen LogP contribution is -2.40. The van der Waals surface area contributed by atoms with Crippen molar-refractivity contribution < 1.29 is 9.90 Å². The van der Waals surface area contributed by atoms with E-state index in [4.69, 9.17) is 0 Å². The van der Waals surface area contributed by atoms with Gasteiger partial charge in [0.2, 0.25) is 5.91 Å². The lowest BCUT2D eigenvalue weighted by Gasteiger charge is -2.27. The zero-order valence-electron chi connectivity index (χ0n) is 14.0. The van der Waals surface area contributed by atoms with E-state index in [1.165, 1.54) is 0 Å². The molecular weight excluding hydrogens is 280 g/mol. The van der Waals surface area contributed by atoms with Crippen molar-refractivity contribution in [2.45, 2.75) is 39.2 Å². The minimum atomic E-state index is -0.358. The van der Waals surface area contributed by atoms with E-state index in [2.05, 4.69) is 29.6 Å². The molecule has 6 heteroatoms. The van der Waals surface area contributed by atoms with E-state index >= 15 is 0 Å². The van der Waals surface area contributed by atoms with E-state index in [0.717, 1.165) is 12.1 Å². The number of aromatic nitrogens is 2. The quantitative estimate of drug-likeness (QED) is 0.720. The SMILES string of the molecule is CC(O)CC(C)(C)CNC(=O)[C@H]1CNC[C@@H]1c1cnn(C)c1. The molecule has 2 rings (SSSR count). The number of hydrogen-bond donors (Lipinski definition) is 3. The summed E-state index contributed by atoms with van der Waals surface area (Å²) in [6.07, 6.45) is 4.13. The molecule has 6 nitrogen and oxygen atoms in total. The molecule has 22 heavy (non-hydrogen) atoms. The number of aliphatic hydroxyl groups excluding tert-OH is 1. The van der Waals surface area contributed by atoms with E-state index in [-0.39, 0.29) is 29.3 Å². The van der Waals surface area contributed by atoms with Gasteiger partial charge < -0.3 is 15.7 Å². The summed E-state index contributed by atoms with van der Waals surface area (Å²) in [7, 11) is 1.89. The van der Waals surface area contributed by atoms with Crippen LogP contribution in [0.15, 0.2) is 12.4 Å². The highest BCUT2D eigenvalue weighted by atomic mass is 16.3.